The lowest BCUT2D eigenvalue weighted by Crippen LogP contribution is -2.40. The normalized spacial score (nSPS) is 15.2. The van der Waals surface area contributed by atoms with Gasteiger partial charge in [-0.25, -0.2) is 0 Å². The smallest absolute Gasteiger partial charge is 0.0425 e. The van der Waals surface area contributed by atoms with Crippen molar-refractivity contribution >= 4 is 21.6 Å². The molecule has 0 bridgehead atoms. The highest BCUT2D eigenvalue weighted by Crippen LogP contribution is 2.33. The summed E-state index contributed by atoms with van der Waals surface area (Å²) in [7, 11) is 4.19. The highest BCUT2D eigenvalue weighted by atomic mass is 79.9. The molecule has 3 heteroatoms. The molecule has 0 saturated carbocycles. The minimum atomic E-state index is 0.247. The Bertz CT molecular complexity index is 423. The average molecular weight is 327 g/mol. The van der Waals surface area contributed by atoms with Gasteiger partial charge in [-0.05, 0) is 44.0 Å². The lowest BCUT2D eigenvalue weighted by molar-refractivity contribution is 0.329. The first-order valence-electron chi connectivity index (χ1n) is 6.88. The molecule has 0 aliphatic heterocycles. The maximum absolute atomic E-state index is 3.59. The Balaban J connectivity index is 3.21. The number of nitrogens with one attached hydrogen (secondary N) is 1. The summed E-state index contributed by atoms with van der Waals surface area (Å²) < 4.78 is 1.13. The van der Waals surface area contributed by atoms with Crippen LogP contribution in [0.25, 0.3) is 0 Å². The van der Waals surface area contributed by atoms with Crippen molar-refractivity contribution in [1.29, 1.82) is 0 Å². The van der Waals surface area contributed by atoms with Crippen molar-refractivity contribution < 1.29 is 0 Å². The topological polar surface area (TPSA) is 15.3 Å². The van der Waals surface area contributed by atoms with E-state index >= 15 is 0 Å². The van der Waals surface area contributed by atoms with Gasteiger partial charge in [0, 0.05) is 29.3 Å². The van der Waals surface area contributed by atoms with E-state index in [0.717, 1.165) is 4.47 Å². The van der Waals surface area contributed by atoms with Gasteiger partial charge in [-0.2, -0.15) is 0 Å². The largest absolute Gasteiger partial charge is 0.371 e. The summed E-state index contributed by atoms with van der Waals surface area (Å²) in [6, 6.07) is 7.34. The van der Waals surface area contributed by atoms with Crippen LogP contribution in [0.5, 0.6) is 0 Å². The predicted molar refractivity (Wildman–Crippen MR) is 88.9 cm³/mol. The Morgan fingerprint density at radius 1 is 1.21 bits per heavy atom. The van der Waals surface area contributed by atoms with Gasteiger partial charge in [0.15, 0.2) is 0 Å². The molecule has 108 valence electrons. The van der Waals surface area contributed by atoms with E-state index in [-0.39, 0.29) is 5.41 Å². The SMILES string of the molecule is CNC(C)c1ccc(Br)cc1N(C)C(C)C(C)(C)C. The molecule has 1 aromatic carbocycles. The van der Waals surface area contributed by atoms with Crippen LogP contribution in [0.4, 0.5) is 5.69 Å². The van der Waals surface area contributed by atoms with Gasteiger partial charge in [0.1, 0.15) is 0 Å². The minimum absolute atomic E-state index is 0.247. The molecule has 1 N–H and O–H groups in total. The van der Waals surface area contributed by atoms with Gasteiger partial charge in [0.2, 0.25) is 0 Å². The van der Waals surface area contributed by atoms with E-state index in [1.54, 1.807) is 0 Å². The predicted octanol–water partition coefficient (Wildman–Crippen LogP) is 4.60. The Morgan fingerprint density at radius 3 is 2.26 bits per heavy atom. The maximum Gasteiger partial charge on any atom is 0.0425 e. The summed E-state index contributed by atoms with van der Waals surface area (Å²) in [5.74, 6) is 0. The van der Waals surface area contributed by atoms with E-state index in [9.17, 15) is 0 Å². The molecule has 0 spiro atoms. The first-order valence-corrected chi connectivity index (χ1v) is 7.67. The third kappa shape index (κ3) is 3.96. The number of rotatable bonds is 4. The van der Waals surface area contributed by atoms with Crippen molar-refractivity contribution in [3.8, 4) is 0 Å². The number of hydrogen-bond donors (Lipinski definition) is 1. The first-order chi connectivity index (χ1) is 8.68. The molecule has 0 fully saturated rings. The van der Waals surface area contributed by atoms with Crippen LogP contribution in [0, 0.1) is 5.41 Å². The molecular formula is C16H27BrN2. The molecular weight excluding hydrogens is 300 g/mol. The first kappa shape index (κ1) is 16.5. The molecule has 2 unspecified atom stereocenters. The molecule has 1 aromatic rings. The van der Waals surface area contributed by atoms with Crippen LogP contribution in [0.1, 0.15) is 46.2 Å². The zero-order valence-corrected chi connectivity index (χ0v) is 14.8. The molecule has 2 atom stereocenters. The van der Waals surface area contributed by atoms with Crippen molar-refractivity contribution in [2.24, 2.45) is 5.41 Å². The molecule has 0 heterocycles. The second kappa shape index (κ2) is 6.27. The fraction of sp³-hybridized carbons (Fsp3) is 0.625. The maximum atomic E-state index is 3.59. The second-order valence-electron chi connectivity index (χ2n) is 6.37. The monoisotopic (exact) mass is 326 g/mol. The summed E-state index contributed by atoms with van der Waals surface area (Å²) in [6.45, 7) is 11.3. The molecule has 0 saturated heterocycles. The number of anilines is 1. The van der Waals surface area contributed by atoms with Crippen LogP contribution >= 0.6 is 15.9 Å². The molecule has 1 rings (SSSR count). The summed E-state index contributed by atoms with van der Waals surface area (Å²) in [4.78, 5) is 2.38. The number of hydrogen-bond acceptors (Lipinski definition) is 2. The number of benzene rings is 1. The van der Waals surface area contributed by atoms with Gasteiger partial charge in [0.25, 0.3) is 0 Å². The summed E-state index contributed by atoms with van der Waals surface area (Å²) in [6.07, 6.45) is 0. The van der Waals surface area contributed by atoms with Crippen LogP contribution in [0.15, 0.2) is 22.7 Å². The van der Waals surface area contributed by atoms with Crippen LogP contribution in [0.3, 0.4) is 0 Å². The summed E-state index contributed by atoms with van der Waals surface area (Å²) in [5, 5.41) is 3.33. The van der Waals surface area contributed by atoms with Crippen molar-refractivity contribution in [1.82, 2.24) is 5.32 Å². The van der Waals surface area contributed by atoms with Crippen LogP contribution in [-0.4, -0.2) is 20.1 Å². The van der Waals surface area contributed by atoms with E-state index in [4.69, 9.17) is 0 Å². The van der Waals surface area contributed by atoms with E-state index in [0.29, 0.717) is 12.1 Å². The van der Waals surface area contributed by atoms with E-state index < -0.39 is 0 Å². The fourth-order valence-corrected chi connectivity index (χ4v) is 2.48. The Hall–Kier alpha value is -0.540. The van der Waals surface area contributed by atoms with Gasteiger partial charge in [0.05, 0.1) is 0 Å². The number of nitrogens with zero attached hydrogens (tertiary/aromatic N) is 1. The van der Waals surface area contributed by atoms with Crippen molar-refractivity contribution in [2.45, 2.75) is 46.7 Å². The molecule has 0 amide bonds. The van der Waals surface area contributed by atoms with Gasteiger partial charge >= 0.3 is 0 Å². The van der Waals surface area contributed by atoms with Gasteiger partial charge in [-0.15, -0.1) is 0 Å². The van der Waals surface area contributed by atoms with Gasteiger partial charge in [-0.3, -0.25) is 0 Å². The average Bonchev–Trinajstić information content (AvgIpc) is 2.34. The van der Waals surface area contributed by atoms with Crippen molar-refractivity contribution in [3.63, 3.8) is 0 Å². The third-order valence-electron chi connectivity index (χ3n) is 4.11. The Morgan fingerprint density at radius 2 is 1.79 bits per heavy atom. The van der Waals surface area contributed by atoms with Crippen molar-refractivity contribution in [2.75, 3.05) is 19.0 Å². The van der Waals surface area contributed by atoms with Gasteiger partial charge in [-0.1, -0.05) is 42.8 Å². The van der Waals surface area contributed by atoms with Crippen molar-refractivity contribution in [3.05, 3.63) is 28.2 Å². The highest BCUT2D eigenvalue weighted by molar-refractivity contribution is 9.10. The fourth-order valence-electron chi connectivity index (χ4n) is 2.13. The Kier molecular flexibility index (Phi) is 5.45. The highest BCUT2D eigenvalue weighted by Gasteiger charge is 2.26. The molecule has 0 aliphatic rings. The zero-order valence-electron chi connectivity index (χ0n) is 13.2. The van der Waals surface area contributed by atoms with E-state index in [2.05, 4.69) is 86.0 Å². The van der Waals surface area contributed by atoms with Gasteiger partial charge < -0.3 is 10.2 Å². The second-order valence-corrected chi connectivity index (χ2v) is 7.28. The zero-order chi connectivity index (χ0) is 14.8. The van der Waals surface area contributed by atoms with E-state index in [1.807, 2.05) is 7.05 Å². The molecule has 0 aliphatic carbocycles. The van der Waals surface area contributed by atoms with Crippen LogP contribution in [0.2, 0.25) is 0 Å². The minimum Gasteiger partial charge on any atom is -0.371 e. The van der Waals surface area contributed by atoms with Crippen LogP contribution < -0.4 is 10.2 Å². The lowest BCUT2D eigenvalue weighted by Gasteiger charge is -2.38. The molecule has 19 heavy (non-hydrogen) atoms. The molecule has 0 aromatic heterocycles. The lowest BCUT2D eigenvalue weighted by atomic mass is 9.86. The molecule has 0 radical (unpaired) electrons. The Labute approximate surface area is 126 Å². The summed E-state index contributed by atoms with van der Waals surface area (Å²) in [5.41, 5.74) is 2.87. The molecule has 2 nitrogen and oxygen atoms in total. The summed E-state index contributed by atoms with van der Waals surface area (Å²) >= 11 is 3.59. The standard InChI is InChI=1S/C16H27BrN2/c1-11(18-6)14-9-8-13(17)10-15(14)19(7)12(2)16(3,4)5/h8-12,18H,1-7H3. The quantitative estimate of drug-likeness (QED) is 0.869. The third-order valence-corrected chi connectivity index (χ3v) is 4.60. The van der Waals surface area contributed by atoms with Crippen LogP contribution in [-0.2, 0) is 0 Å². The van der Waals surface area contributed by atoms with E-state index in [1.165, 1.54) is 11.3 Å². The number of halogens is 1.